The average Bonchev–Trinajstić information content (AvgIpc) is 3.07. The number of piperidine rings is 1. The molecule has 0 saturated carbocycles. The molecule has 4 heterocycles. The summed E-state index contributed by atoms with van der Waals surface area (Å²) in [5.41, 5.74) is 3.41. The van der Waals surface area contributed by atoms with Gasteiger partial charge in [0.2, 0.25) is 0 Å². The lowest BCUT2D eigenvalue weighted by atomic mass is 9.91. The van der Waals surface area contributed by atoms with Crippen LogP contribution >= 0.6 is 0 Å². The lowest BCUT2D eigenvalue weighted by Gasteiger charge is -2.31. The summed E-state index contributed by atoms with van der Waals surface area (Å²) < 4.78 is 2.04. The number of pyridine rings is 1. The molecule has 0 atom stereocenters. The monoisotopic (exact) mass is 376 g/mol. The van der Waals surface area contributed by atoms with Crippen molar-refractivity contribution in [3.05, 3.63) is 60.2 Å². The molecule has 0 bridgehead atoms. The zero-order valence-electron chi connectivity index (χ0n) is 16.2. The van der Waals surface area contributed by atoms with Crippen molar-refractivity contribution in [2.24, 2.45) is 13.0 Å². The summed E-state index contributed by atoms with van der Waals surface area (Å²) in [6, 6.07) is 5.45. The van der Waals surface area contributed by atoms with E-state index in [1.165, 1.54) is 0 Å². The van der Waals surface area contributed by atoms with E-state index in [0.717, 1.165) is 55.3 Å². The lowest BCUT2D eigenvalue weighted by Crippen LogP contribution is -2.39. The SMILES string of the molecule is Cc1ncc(-c2nccnc2CC2CCN(C(=O)c3ccccn3)CC2)n1C. The molecule has 7 heteroatoms. The molecule has 7 nitrogen and oxygen atoms in total. The molecule has 144 valence electrons. The number of rotatable bonds is 4. The molecule has 3 aromatic rings. The summed E-state index contributed by atoms with van der Waals surface area (Å²) in [5.74, 6) is 1.45. The van der Waals surface area contributed by atoms with Crippen molar-refractivity contribution < 1.29 is 4.79 Å². The topological polar surface area (TPSA) is 76.8 Å². The van der Waals surface area contributed by atoms with E-state index in [1.807, 2.05) is 41.8 Å². The van der Waals surface area contributed by atoms with Crippen molar-refractivity contribution in [2.45, 2.75) is 26.2 Å². The van der Waals surface area contributed by atoms with Crippen molar-refractivity contribution in [1.82, 2.24) is 29.4 Å². The van der Waals surface area contributed by atoms with Crippen molar-refractivity contribution in [1.29, 1.82) is 0 Å². The zero-order valence-corrected chi connectivity index (χ0v) is 16.2. The first-order chi connectivity index (χ1) is 13.6. The molecule has 1 fully saturated rings. The van der Waals surface area contributed by atoms with Crippen LogP contribution in [0.2, 0.25) is 0 Å². The second kappa shape index (κ2) is 7.88. The number of nitrogens with zero attached hydrogens (tertiary/aromatic N) is 6. The maximum atomic E-state index is 12.6. The third kappa shape index (κ3) is 3.65. The van der Waals surface area contributed by atoms with Gasteiger partial charge in [0.25, 0.3) is 5.91 Å². The van der Waals surface area contributed by atoms with Gasteiger partial charge >= 0.3 is 0 Å². The number of aromatic nitrogens is 5. The van der Waals surface area contributed by atoms with Crippen molar-refractivity contribution in [2.75, 3.05) is 13.1 Å². The zero-order chi connectivity index (χ0) is 19.5. The van der Waals surface area contributed by atoms with E-state index < -0.39 is 0 Å². The predicted octanol–water partition coefficient (Wildman–Crippen LogP) is 2.68. The van der Waals surface area contributed by atoms with E-state index in [1.54, 1.807) is 24.7 Å². The van der Waals surface area contributed by atoms with Crippen LogP contribution < -0.4 is 0 Å². The Hall–Kier alpha value is -3.09. The van der Waals surface area contributed by atoms with Crippen molar-refractivity contribution in [3.63, 3.8) is 0 Å². The van der Waals surface area contributed by atoms with Gasteiger partial charge in [-0.1, -0.05) is 6.07 Å². The second-order valence-corrected chi connectivity index (χ2v) is 7.26. The highest BCUT2D eigenvalue weighted by Gasteiger charge is 2.26. The number of amides is 1. The molecular formula is C21H24N6O. The molecule has 4 rings (SSSR count). The molecule has 0 radical (unpaired) electrons. The molecule has 1 aliphatic rings. The van der Waals surface area contributed by atoms with Crippen LogP contribution in [0.1, 0.15) is 34.8 Å². The van der Waals surface area contributed by atoms with Crippen molar-refractivity contribution in [3.8, 4) is 11.4 Å². The minimum atomic E-state index is 0.0181. The average molecular weight is 376 g/mol. The Labute approximate surface area is 164 Å². The van der Waals surface area contributed by atoms with Crippen LogP contribution in [0.15, 0.2) is 43.0 Å². The van der Waals surface area contributed by atoms with Crippen LogP contribution in [-0.4, -0.2) is 48.4 Å². The van der Waals surface area contributed by atoms with Crippen molar-refractivity contribution >= 4 is 5.91 Å². The Morgan fingerprint density at radius 2 is 1.86 bits per heavy atom. The fourth-order valence-electron chi connectivity index (χ4n) is 3.72. The highest BCUT2D eigenvalue weighted by atomic mass is 16.2. The maximum Gasteiger partial charge on any atom is 0.272 e. The van der Waals surface area contributed by atoms with Crippen LogP contribution in [0, 0.1) is 12.8 Å². The number of imidazole rings is 1. The second-order valence-electron chi connectivity index (χ2n) is 7.26. The van der Waals surface area contributed by atoms with E-state index in [9.17, 15) is 4.79 Å². The lowest BCUT2D eigenvalue weighted by molar-refractivity contribution is 0.0684. The predicted molar refractivity (Wildman–Crippen MR) is 106 cm³/mol. The molecule has 28 heavy (non-hydrogen) atoms. The largest absolute Gasteiger partial charge is 0.337 e. The molecule has 1 amide bonds. The molecule has 0 N–H and O–H groups in total. The fraction of sp³-hybridized carbons (Fsp3) is 0.381. The smallest absolute Gasteiger partial charge is 0.272 e. The fourth-order valence-corrected chi connectivity index (χ4v) is 3.72. The van der Waals surface area contributed by atoms with E-state index in [-0.39, 0.29) is 5.91 Å². The normalized spacial score (nSPS) is 15.0. The summed E-state index contributed by atoms with van der Waals surface area (Å²) in [6.45, 7) is 3.48. The van der Waals surface area contributed by atoms with E-state index in [4.69, 9.17) is 0 Å². The van der Waals surface area contributed by atoms with E-state index in [2.05, 4.69) is 19.9 Å². The van der Waals surface area contributed by atoms with Gasteiger partial charge in [-0.3, -0.25) is 19.7 Å². The summed E-state index contributed by atoms with van der Waals surface area (Å²) in [6.07, 6.45) is 9.78. The molecule has 1 aliphatic heterocycles. The number of carbonyl (C=O) groups is 1. The molecule has 0 unspecified atom stereocenters. The van der Waals surface area contributed by atoms with Gasteiger partial charge in [0.1, 0.15) is 17.2 Å². The van der Waals surface area contributed by atoms with Crippen LogP contribution in [-0.2, 0) is 13.5 Å². The number of carbonyl (C=O) groups excluding carboxylic acids is 1. The molecule has 0 aliphatic carbocycles. The van der Waals surface area contributed by atoms with Crippen LogP contribution in [0.3, 0.4) is 0 Å². The molecule has 0 aromatic carbocycles. The van der Waals surface area contributed by atoms with E-state index >= 15 is 0 Å². The van der Waals surface area contributed by atoms with Gasteiger partial charge in [-0.15, -0.1) is 0 Å². The summed E-state index contributed by atoms with van der Waals surface area (Å²) in [7, 11) is 2.00. The van der Waals surface area contributed by atoms with Crippen LogP contribution in [0.25, 0.3) is 11.4 Å². The summed E-state index contributed by atoms with van der Waals surface area (Å²) in [5, 5.41) is 0. The van der Waals surface area contributed by atoms with Crippen LogP contribution in [0.4, 0.5) is 0 Å². The number of likely N-dealkylation sites (tertiary alicyclic amines) is 1. The Balaban J connectivity index is 1.43. The minimum Gasteiger partial charge on any atom is -0.337 e. The number of hydrogen-bond acceptors (Lipinski definition) is 5. The Morgan fingerprint density at radius 3 is 2.54 bits per heavy atom. The van der Waals surface area contributed by atoms with Gasteiger partial charge in [0.15, 0.2) is 0 Å². The summed E-state index contributed by atoms with van der Waals surface area (Å²) in [4.78, 5) is 32.2. The van der Waals surface area contributed by atoms with Gasteiger partial charge in [0, 0.05) is 38.7 Å². The van der Waals surface area contributed by atoms with Crippen LogP contribution in [0.5, 0.6) is 0 Å². The first kappa shape index (κ1) is 18.3. The first-order valence-electron chi connectivity index (χ1n) is 9.62. The summed E-state index contributed by atoms with van der Waals surface area (Å²) >= 11 is 0. The molecule has 0 spiro atoms. The Kier molecular flexibility index (Phi) is 5.14. The molecular weight excluding hydrogens is 352 g/mol. The Bertz CT molecular complexity index is 960. The highest BCUT2D eigenvalue weighted by molar-refractivity contribution is 5.92. The minimum absolute atomic E-state index is 0.0181. The molecule has 3 aromatic heterocycles. The van der Waals surface area contributed by atoms with E-state index in [0.29, 0.717) is 11.6 Å². The molecule has 1 saturated heterocycles. The highest BCUT2D eigenvalue weighted by Crippen LogP contribution is 2.27. The van der Waals surface area contributed by atoms with Gasteiger partial charge in [-0.2, -0.15) is 0 Å². The van der Waals surface area contributed by atoms with Gasteiger partial charge in [-0.05, 0) is 44.2 Å². The third-order valence-electron chi connectivity index (χ3n) is 5.50. The number of aryl methyl sites for hydroxylation is 1. The third-order valence-corrected chi connectivity index (χ3v) is 5.50. The quantitative estimate of drug-likeness (QED) is 0.700. The standard InChI is InChI=1S/C21H24N6O/c1-15-25-14-19(26(15)2)20-18(23-9-10-24-20)13-16-6-11-27(12-7-16)21(28)17-5-3-4-8-22-17/h3-5,8-10,14,16H,6-7,11-13H2,1-2H3. The first-order valence-corrected chi connectivity index (χ1v) is 9.62. The van der Waals surface area contributed by atoms with Gasteiger partial charge < -0.3 is 9.47 Å². The Morgan fingerprint density at radius 1 is 1.07 bits per heavy atom. The van der Waals surface area contributed by atoms with Gasteiger partial charge in [0.05, 0.1) is 17.6 Å². The maximum absolute atomic E-state index is 12.6. The van der Waals surface area contributed by atoms with Gasteiger partial charge in [-0.25, -0.2) is 4.98 Å². The number of hydrogen-bond donors (Lipinski definition) is 0.